The first-order chi connectivity index (χ1) is 4.86. The first kappa shape index (κ1) is 6.13. The summed E-state index contributed by atoms with van der Waals surface area (Å²) < 4.78 is 5.05. The van der Waals surface area contributed by atoms with E-state index in [1.54, 1.807) is 12.3 Å². The van der Waals surface area contributed by atoms with Gasteiger partial charge in [-0.25, -0.2) is 4.98 Å². The number of rotatable bonds is 1. The van der Waals surface area contributed by atoms with E-state index in [2.05, 4.69) is 4.98 Å². The summed E-state index contributed by atoms with van der Waals surface area (Å²) in [7, 11) is 0. The Labute approximate surface area is 63.8 Å². The highest BCUT2D eigenvalue weighted by atomic mass is 35.5. The molecular formula is C7H6ClNO. The first-order valence-corrected chi connectivity index (χ1v) is 3.47. The van der Waals surface area contributed by atoms with Gasteiger partial charge < -0.3 is 4.74 Å². The molecule has 2 rings (SSSR count). The molecule has 1 saturated heterocycles. The van der Waals surface area contributed by atoms with Crippen LogP contribution >= 0.6 is 11.6 Å². The largest absolute Gasteiger partial charge is 0.368 e. The van der Waals surface area contributed by atoms with Gasteiger partial charge >= 0.3 is 0 Å². The summed E-state index contributed by atoms with van der Waals surface area (Å²) in [5, 5.41) is 0.532. The van der Waals surface area contributed by atoms with Crippen molar-refractivity contribution >= 4 is 11.6 Å². The van der Waals surface area contributed by atoms with E-state index in [1.807, 2.05) is 6.07 Å². The minimum atomic E-state index is 0.282. The molecule has 52 valence electrons. The normalized spacial score (nSPS) is 22.7. The molecule has 1 atom stereocenters. The second kappa shape index (κ2) is 2.22. The molecular weight excluding hydrogens is 150 g/mol. The summed E-state index contributed by atoms with van der Waals surface area (Å²) in [6.07, 6.45) is 2.03. The minimum Gasteiger partial charge on any atom is -0.368 e. The van der Waals surface area contributed by atoms with Crippen molar-refractivity contribution in [2.45, 2.75) is 6.10 Å². The number of nitrogens with zero attached hydrogens (tertiary/aromatic N) is 1. The van der Waals surface area contributed by atoms with Gasteiger partial charge in [0.2, 0.25) is 0 Å². The summed E-state index contributed by atoms with van der Waals surface area (Å²) in [5.74, 6) is 0. The first-order valence-electron chi connectivity index (χ1n) is 3.09. The van der Waals surface area contributed by atoms with E-state index < -0.39 is 0 Å². The number of aromatic nitrogens is 1. The van der Waals surface area contributed by atoms with E-state index in [0.717, 1.165) is 12.2 Å². The lowest BCUT2D eigenvalue weighted by atomic mass is 10.2. The summed E-state index contributed by atoms with van der Waals surface area (Å²) in [5.41, 5.74) is 1.12. The highest BCUT2D eigenvalue weighted by Gasteiger charge is 2.24. The van der Waals surface area contributed by atoms with Gasteiger partial charge in [0.1, 0.15) is 11.3 Å². The van der Waals surface area contributed by atoms with Crippen molar-refractivity contribution in [1.29, 1.82) is 0 Å². The molecule has 0 bridgehead atoms. The van der Waals surface area contributed by atoms with Crippen molar-refractivity contribution in [3.8, 4) is 0 Å². The van der Waals surface area contributed by atoms with E-state index in [1.165, 1.54) is 0 Å². The molecule has 0 aromatic carbocycles. The summed E-state index contributed by atoms with van der Waals surface area (Å²) in [6.45, 7) is 0.823. The van der Waals surface area contributed by atoms with Crippen LogP contribution in [0, 0.1) is 0 Å². The number of hydrogen-bond acceptors (Lipinski definition) is 2. The van der Waals surface area contributed by atoms with E-state index in [9.17, 15) is 0 Å². The maximum Gasteiger partial charge on any atom is 0.129 e. The Morgan fingerprint density at radius 2 is 2.40 bits per heavy atom. The Balaban J connectivity index is 2.28. The van der Waals surface area contributed by atoms with Gasteiger partial charge in [0.05, 0.1) is 6.61 Å². The van der Waals surface area contributed by atoms with Gasteiger partial charge in [0.25, 0.3) is 0 Å². The van der Waals surface area contributed by atoms with Crippen LogP contribution in [0.4, 0.5) is 0 Å². The topological polar surface area (TPSA) is 25.4 Å². The van der Waals surface area contributed by atoms with E-state index in [-0.39, 0.29) is 6.10 Å². The Bertz CT molecular complexity index is 230. The van der Waals surface area contributed by atoms with Crippen molar-refractivity contribution in [3.63, 3.8) is 0 Å². The molecule has 1 aliphatic heterocycles. The van der Waals surface area contributed by atoms with Crippen molar-refractivity contribution in [2.75, 3.05) is 6.61 Å². The van der Waals surface area contributed by atoms with Gasteiger partial charge in [-0.2, -0.15) is 0 Å². The predicted molar refractivity (Wildman–Crippen MR) is 37.9 cm³/mol. The van der Waals surface area contributed by atoms with Crippen LogP contribution in [-0.4, -0.2) is 11.6 Å². The molecule has 0 unspecified atom stereocenters. The zero-order chi connectivity index (χ0) is 6.97. The van der Waals surface area contributed by atoms with E-state index >= 15 is 0 Å². The van der Waals surface area contributed by atoms with E-state index in [0.29, 0.717) is 5.15 Å². The van der Waals surface area contributed by atoms with Gasteiger partial charge in [-0.05, 0) is 6.07 Å². The molecule has 1 aromatic heterocycles. The average molecular weight is 156 g/mol. The van der Waals surface area contributed by atoms with Crippen LogP contribution in [0.1, 0.15) is 11.7 Å². The lowest BCUT2D eigenvalue weighted by Crippen LogP contribution is -1.81. The highest BCUT2D eigenvalue weighted by Crippen LogP contribution is 2.29. The van der Waals surface area contributed by atoms with Gasteiger partial charge in [0, 0.05) is 11.8 Å². The molecule has 0 amide bonds. The summed E-state index contributed by atoms with van der Waals surface area (Å²) in [4.78, 5) is 3.93. The van der Waals surface area contributed by atoms with Crippen LogP contribution in [0.5, 0.6) is 0 Å². The molecule has 1 aliphatic rings. The zero-order valence-electron chi connectivity index (χ0n) is 5.25. The standard InChI is InChI=1S/C7H6ClNO/c8-7-2-1-5(3-9-7)6-4-10-6/h1-3,6H,4H2/t6-/m0/s1. The summed E-state index contributed by atoms with van der Waals surface area (Å²) >= 11 is 5.58. The lowest BCUT2D eigenvalue weighted by Gasteiger charge is -1.92. The third-order valence-corrected chi connectivity index (χ3v) is 1.68. The van der Waals surface area contributed by atoms with Crippen LogP contribution < -0.4 is 0 Å². The minimum absolute atomic E-state index is 0.282. The van der Waals surface area contributed by atoms with Crippen LogP contribution in [-0.2, 0) is 4.74 Å². The van der Waals surface area contributed by atoms with Crippen LogP contribution in [0.3, 0.4) is 0 Å². The van der Waals surface area contributed by atoms with Gasteiger partial charge in [-0.1, -0.05) is 17.7 Å². The van der Waals surface area contributed by atoms with E-state index in [4.69, 9.17) is 16.3 Å². The fourth-order valence-corrected chi connectivity index (χ4v) is 0.930. The number of epoxide rings is 1. The molecule has 3 heteroatoms. The quantitative estimate of drug-likeness (QED) is 0.457. The summed E-state index contributed by atoms with van der Waals surface area (Å²) in [6, 6.07) is 3.71. The van der Waals surface area contributed by atoms with Crippen molar-refractivity contribution < 1.29 is 4.74 Å². The lowest BCUT2D eigenvalue weighted by molar-refractivity contribution is 0.415. The number of ether oxygens (including phenoxy) is 1. The smallest absolute Gasteiger partial charge is 0.129 e. The monoisotopic (exact) mass is 155 g/mol. The van der Waals surface area contributed by atoms with Gasteiger partial charge in [0.15, 0.2) is 0 Å². The molecule has 2 nitrogen and oxygen atoms in total. The zero-order valence-corrected chi connectivity index (χ0v) is 6.01. The van der Waals surface area contributed by atoms with Crippen LogP contribution in [0.15, 0.2) is 18.3 Å². The molecule has 2 heterocycles. The Hall–Kier alpha value is -0.600. The average Bonchev–Trinajstić information content (AvgIpc) is 2.71. The molecule has 0 saturated carbocycles. The molecule has 0 radical (unpaired) electrons. The van der Waals surface area contributed by atoms with Crippen LogP contribution in [0.25, 0.3) is 0 Å². The fourth-order valence-electron chi connectivity index (χ4n) is 0.818. The maximum atomic E-state index is 5.58. The highest BCUT2D eigenvalue weighted by molar-refractivity contribution is 6.29. The molecule has 0 aliphatic carbocycles. The van der Waals surface area contributed by atoms with Crippen molar-refractivity contribution in [3.05, 3.63) is 29.0 Å². The third kappa shape index (κ3) is 1.13. The Kier molecular flexibility index (Phi) is 1.36. The molecule has 1 aromatic rings. The number of halogens is 1. The molecule has 0 N–H and O–H groups in total. The second-order valence-corrected chi connectivity index (χ2v) is 2.62. The van der Waals surface area contributed by atoms with Crippen molar-refractivity contribution in [2.24, 2.45) is 0 Å². The predicted octanol–water partition coefficient (Wildman–Crippen LogP) is 1.81. The Morgan fingerprint density at radius 3 is 2.90 bits per heavy atom. The van der Waals surface area contributed by atoms with Gasteiger partial charge in [-0.3, -0.25) is 0 Å². The maximum absolute atomic E-state index is 5.58. The molecule has 10 heavy (non-hydrogen) atoms. The van der Waals surface area contributed by atoms with Crippen molar-refractivity contribution in [1.82, 2.24) is 4.98 Å². The number of pyridine rings is 1. The fraction of sp³-hybridized carbons (Fsp3) is 0.286. The SMILES string of the molecule is Clc1ccc([C@@H]2CO2)cn1. The number of hydrogen-bond donors (Lipinski definition) is 0. The Morgan fingerprint density at radius 1 is 1.60 bits per heavy atom. The second-order valence-electron chi connectivity index (χ2n) is 2.24. The molecule has 0 spiro atoms. The van der Waals surface area contributed by atoms with Gasteiger partial charge in [-0.15, -0.1) is 0 Å². The molecule has 1 fully saturated rings. The third-order valence-electron chi connectivity index (χ3n) is 1.46. The van der Waals surface area contributed by atoms with Crippen LogP contribution in [0.2, 0.25) is 5.15 Å².